The Kier molecular flexibility index (Phi) is 3.87. The lowest BCUT2D eigenvalue weighted by Gasteiger charge is -2.09. The van der Waals surface area contributed by atoms with Gasteiger partial charge in [0.15, 0.2) is 0 Å². The van der Waals surface area contributed by atoms with E-state index in [4.69, 9.17) is 5.73 Å². The summed E-state index contributed by atoms with van der Waals surface area (Å²) in [5.41, 5.74) is 9.50. The highest BCUT2D eigenvalue weighted by Gasteiger charge is 2.01. The van der Waals surface area contributed by atoms with Gasteiger partial charge < -0.3 is 16.4 Å². The molecule has 0 amide bonds. The van der Waals surface area contributed by atoms with Crippen molar-refractivity contribution in [3.05, 3.63) is 66.4 Å². The molecule has 2 aromatic carbocycles. The molecule has 0 spiro atoms. The zero-order valence-electron chi connectivity index (χ0n) is 12.2. The van der Waals surface area contributed by atoms with Crippen molar-refractivity contribution in [3.8, 4) is 0 Å². The molecule has 0 saturated heterocycles. The SMILES string of the molecule is Cc1cccc(Nc2ccnc(Nc3cccc(N)c3)n2)c1. The quantitative estimate of drug-likeness (QED) is 0.636. The molecular weight excluding hydrogens is 274 g/mol. The van der Waals surface area contributed by atoms with Gasteiger partial charge in [0.2, 0.25) is 5.95 Å². The summed E-state index contributed by atoms with van der Waals surface area (Å²) in [5.74, 6) is 1.25. The molecule has 5 nitrogen and oxygen atoms in total. The van der Waals surface area contributed by atoms with Gasteiger partial charge in [-0.2, -0.15) is 4.98 Å². The summed E-state index contributed by atoms with van der Waals surface area (Å²) in [6.45, 7) is 2.05. The fourth-order valence-corrected chi connectivity index (χ4v) is 2.10. The van der Waals surface area contributed by atoms with Gasteiger partial charge in [-0.3, -0.25) is 0 Å². The lowest BCUT2D eigenvalue weighted by Crippen LogP contribution is -2.00. The van der Waals surface area contributed by atoms with E-state index in [1.807, 2.05) is 42.5 Å². The number of aromatic nitrogens is 2. The van der Waals surface area contributed by atoms with Crippen LogP contribution in [0.2, 0.25) is 0 Å². The molecule has 3 rings (SSSR count). The van der Waals surface area contributed by atoms with Gasteiger partial charge in [-0.15, -0.1) is 0 Å². The Morgan fingerprint density at radius 2 is 1.68 bits per heavy atom. The Labute approximate surface area is 129 Å². The average molecular weight is 291 g/mol. The van der Waals surface area contributed by atoms with Crippen molar-refractivity contribution >= 4 is 28.8 Å². The molecule has 1 heterocycles. The smallest absolute Gasteiger partial charge is 0.229 e. The van der Waals surface area contributed by atoms with Crippen molar-refractivity contribution in [3.63, 3.8) is 0 Å². The van der Waals surface area contributed by atoms with Crippen LogP contribution in [0.25, 0.3) is 0 Å². The van der Waals surface area contributed by atoms with E-state index in [0.29, 0.717) is 11.6 Å². The van der Waals surface area contributed by atoms with Gasteiger partial charge in [0, 0.05) is 23.3 Å². The molecule has 0 unspecified atom stereocenters. The van der Waals surface area contributed by atoms with Crippen molar-refractivity contribution in [1.82, 2.24) is 9.97 Å². The topological polar surface area (TPSA) is 75.9 Å². The first-order valence-corrected chi connectivity index (χ1v) is 6.98. The third-order valence-corrected chi connectivity index (χ3v) is 3.09. The Bertz CT molecular complexity index is 723. The van der Waals surface area contributed by atoms with E-state index >= 15 is 0 Å². The number of aryl methyl sites for hydroxylation is 1. The lowest BCUT2D eigenvalue weighted by molar-refractivity contribution is 1.17. The van der Waals surface area contributed by atoms with Crippen LogP contribution in [0.5, 0.6) is 0 Å². The highest BCUT2D eigenvalue weighted by molar-refractivity contribution is 5.62. The van der Waals surface area contributed by atoms with Gasteiger partial charge in [-0.05, 0) is 48.9 Å². The van der Waals surface area contributed by atoms with Gasteiger partial charge in [0.1, 0.15) is 5.82 Å². The zero-order chi connectivity index (χ0) is 15.4. The van der Waals surface area contributed by atoms with Crippen LogP contribution in [0.1, 0.15) is 5.56 Å². The van der Waals surface area contributed by atoms with Crippen molar-refractivity contribution < 1.29 is 0 Å². The van der Waals surface area contributed by atoms with E-state index in [9.17, 15) is 0 Å². The number of nitrogens with two attached hydrogens (primary N) is 1. The van der Waals surface area contributed by atoms with Crippen molar-refractivity contribution in [2.45, 2.75) is 6.92 Å². The Balaban J connectivity index is 1.78. The minimum Gasteiger partial charge on any atom is -0.399 e. The maximum atomic E-state index is 5.77. The number of anilines is 5. The summed E-state index contributed by atoms with van der Waals surface area (Å²) in [4.78, 5) is 8.67. The van der Waals surface area contributed by atoms with Crippen LogP contribution in [0, 0.1) is 6.92 Å². The second-order valence-electron chi connectivity index (χ2n) is 5.01. The van der Waals surface area contributed by atoms with Gasteiger partial charge >= 0.3 is 0 Å². The van der Waals surface area contributed by atoms with Crippen molar-refractivity contribution in [1.29, 1.82) is 0 Å². The maximum Gasteiger partial charge on any atom is 0.229 e. The molecule has 0 atom stereocenters. The number of nitrogen functional groups attached to an aromatic ring is 1. The standard InChI is InChI=1S/C17H17N5/c1-12-4-2-6-14(10-12)20-16-8-9-19-17(22-16)21-15-7-3-5-13(18)11-15/h2-11H,18H2,1H3,(H2,19,20,21,22). The van der Waals surface area contributed by atoms with Crippen LogP contribution in [-0.2, 0) is 0 Å². The molecule has 1 aromatic heterocycles. The number of hydrogen-bond donors (Lipinski definition) is 3. The first-order chi connectivity index (χ1) is 10.7. The number of nitrogens with one attached hydrogen (secondary N) is 2. The Morgan fingerprint density at radius 1 is 0.909 bits per heavy atom. The van der Waals surface area contributed by atoms with Gasteiger partial charge in [-0.25, -0.2) is 4.98 Å². The second kappa shape index (κ2) is 6.13. The van der Waals surface area contributed by atoms with E-state index in [2.05, 4.69) is 39.7 Å². The summed E-state index contributed by atoms with van der Waals surface area (Å²) in [7, 11) is 0. The molecule has 3 aromatic rings. The fourth-order valence-electron chi connectivity index (χ4n) is 2.10. The van der Waals surface area contributed by atoms with E-state index in [1.165, 1.54) is 5.56 Å². The Hall–Kier alpha value is -3.08. The van der Waals surface area contributed by atoms with Crippen molar-refractivity contribution in [2.75, 3.05) is 16.4 Å². The first kappa shape index (κ1) is 13.9. The largest absolute Gasteiger partial charge is 0.399 e. The lowest BCUT2D eigenvalue weighted by atomic mass is 10.2. The third kappa shape index (κ3) is 3.52. The second-order valence-corrected chi connectivity index (χ2v) is 5.01. The summed E-state index contributed by atoms with van der Waals surface area (Å²) in [6, 6.07) is 17.4. The first-order valence-electron chi connectivity index (χ1n) is 6.98. The van der Waals surface area contributed by atoms with Crippen LogP contribution >= 0.6 is 0 Å². The normalized spacial score (nSPS) is 10.2. The molecule has 22 heavy (non-hydrogen) atoms. The van der Waals surface area contributed by atoms with Crippen LogP contribution in [-0.4, -0.2) is 9.97 Å². The molecule has 4 N–H and O–H groups in total. The van der Waals surface area contributed by atoms with Gasteiger partial charge in [0.05, 0.1) is 0 Å². The molecule has 0 radical (unpaired) electrons. The minimum absolute atomic E-state index is 0.517. The highest BCUT2D eigenvalue weighted by atomic mass is 15.1. The van der Waals surface area contributed by atoms with Crippen molar-refractivity contribution in [2.24, 2.45) is 0 Å². The third-order valence-electron chi connectivity index (χ3n) is 3.09. The summed E-state index contributed by atoms with van der Waals surface area (Å²) in [5, 5.41) is 6.41. The number of nitrogens with zero attached hydrogens (tertiary/aromatic N) is 2. The van der Waals surface area contributed by atoms with Crippen LogP contribution < -0.4 is 16.4 Å². The van der Waals surface area contributed by atoms with Crippen LogP contribution in [0.3, 0.4) is 0 Å². The zero-order valence-corrected chi connectivity index (χ0v) is 12.2. The number of hydrogen-bond acceptors (Lipinski definition) is 5. The van der Waals surface area contributed by atoms with Gasteiger partial charge in [0.25, 0.3) is 0 Å². The molecule has 0 saturated carbocycles. The molecule has 5 heteroatoms. The average Bonchev–Trinajstić information content (AvgIpc) is 2.47. The minimum atomic E-state index is 0.517. The maximum absolute atomic E-state index is 5.77. The number of benzene rings is 2. The van der Waals surface area contributed by atoms with E-state index in [1.54, 1.807) is 6.20 Å². The predicted octanol–water partition coefficient (Wildman–Crippen LogP) is 3.85. The molecule has 0 aliphatic heterocycles. The summed E-state index contributed by atoms with van der Waals surface area (Å²) in [6.07, 6.45) is 1.71. The van der Waals surface area contributed by atoms with Crippen LogP contribution in [0.4, 0.5) is 28.8 Å². The Morgan fingerprint density at radius 3 is 2.45 bits per heavy atom. The number of rotatable bonds is 4. The molecule has 0 bridgehead atoms. The molecular formula is C17H17N5. The monoisotopic (exact) mass is 291 g/mol. The van der Waals surface area contributed by atoms with Crippen LogP contribution in [0.15, 0.2) is 60.8 Å². The van der Waals surface area contributed by atoms with E-state index in [0.717, 1.165) is 17.2 Å². The predicted molar refractivity (Wildman–Crippen MR) is 90.6 cm³/mol. The van der Waals surface area contributed by atoms with Gasteiger partial charge in [-0.1, -0.05) is 18.2 Å². The molecule has 110 valence electrons. The van der Waals surface area contributed by atoms with E-state index in [-0.39, 0.29) is 0 Å². The molecule has 0 fully saturated rings. The molecule has 0 aliphatic carbocycles. The molecule has 0 aliphatic rings. The van der Waals surface area contributed by atoms with E-state index < -0.39 is 0 Å². The fraction of sp³-hybridized carbons (Fsp3) is 0.0588. The summed E-state index contributed by atoms with van der Waals surface area (Å²) >= 11 is 0. The summed E-state index contributed by atoms with van der Waals surface area (Å²) < 4.78 is 0. The highest BCUT2D eigenvalue weighted by Crippen LogP contribution is 2.19.